The van der Waals surface area contributed by atoms with Crippen molar-refractivity contribution in [1.82, 2.24) is 0 Å². The number of halogens is 1. The van der Waals surface area contributed by atoms with E-state index in [9.17, 15) is 4.79 Å². The molecule has 1 rings (SSSR count). The lowest BCUT2D eigenvalue weighted by atomic mass is 10.1. The van der Waals surface area contributed by atoms with Crippen LogP contribution >= 0.6 is 11.6 Å². The Morgan fingerprint density at radius 2 is 1.92 bits per heavy atom. The maximum absolute atomic E-state index is 10.6. The number of phenols is 1. The fourth-order valence-electron chi connectivity index (χ4n) is 0.813. The first-order valence-corrected chi connectivity index (χ1v) is 3.73. The van der Waals surface area contributed by atoms with Crippen molar-refractivity contribution >= 4 is 16.8 Å². The van der Waals surface area contributed by atoms with Gasteiger partial charge in [0.15, 0.2) is 0 Å². The molecule has 3 nitrogen and oxygen atoms in total. The second kappa shape index (κ2) is 3.56. The predicted octanol–water partition coefficient (Wildman–Crippen LogP) is 1.16. The molecule has 1 aromatic rings. The van der Waals surface area contributed by atoms with Gasteiger partial charge in [-0.15, -0.1) is 0 Å². The summed E-state index contributed by atoms with van der Waals surface area (Å²) in [5.41, 5.74) is 6.02. The molecular formula is C8H8ClNO2. The summed E-state index contributed by atoms with van der Waals surface area (Å²) in [4.78, 5) is 10.6. The van der Waals surface area contributed by atoms with Crippen LogP contribution in [0.5, 0.6) is 5.75 Å². The van der Waals surface area contributed by atoms with Crippen LogP contribution in [0.3, 0.4) is 0 Å². The normalized spacial score (nSPS) is 12.5. The van der Waals surface area contributed by atoms with E-state index in [4.69, 9.17) is 22.4 Å². The van der Waals surface area contributed by atoms with E-state index >= 15 is 0 Å². The number of phenolic OH excluding ortho intramolecular Hbond substituents is 1. The highest BCUT2D eigenvalue weighted by molar-refractivity contribution is 6.64. The Morgan fingerprint density at radius 3 is 2.33 bits per heavy atom. The summed E-state index contributed by atoms with van der Waals surface area (Å²) >= 11 is 5.18. The van der Waals surface area contributed by atoms with Crippen LogP contribution in [0.15, 0.2) is 24.3 Å². The van der Waals surface area contributed by atoms with Gasteiger partial charge in [0.1, 0.15) is 11.8 Å². The summed E-state index contributed by atoms with van der Waals surface area (Å²) in [6.45, 7) is 0. The van der Waals surface area contributed by atoms with E-state index in [2.05, 4.69) is 0 Å². The third-order valence-electron chi connectivity index (χ3n) is 1.50. The van der Waals surface area contributed by atoms with E-state index in [-0.39, 0.29) is 5.75 Å². The number of hydrogen-bond donors (Lipinski definition) is 2. The third kappa shape index (κ3) is 1.96. The highest BCUT2D eigenvalue weighted by Crippen LogP contribution is 2.16. The Morgan fingerprint density at radius 1 is 1.42 bits per heavy atom. The molecule has 0 aliphatic heterocycles. The largest absolute Gasteiger partial charge is 0.508 e. The van der Waals surface area contributed by atoms with Crippen molar-refractivity contribution < 1.29 is 9.90 Å². The predicted molar refractivity (Wildman–Crippen MR) is 45.9 cm³/mol. The minimum Gasteiger partial charge on any atom is -0.508 e. The molecule has 64 valence electrons. The molecule has 0 spiro atoms. The van der Waals surface area contributed by atoms with Crippen LogP contribution in [0.4, 0.5) is 0 Å². The number of benzene rings is 1. The molecule has 12 heavy (non-hydrogen) atoms. The standard InChI is InChI=1S/C8H8ClNO2/c9-8(12)7(10)5-1-3-6(11)4-2-5/h1-4,7,11H,10H2/t7-/m0/s1. The van der Waals surface area contributed by atoms with Gasteiger partial charge in [0.05, 0.1) is 0 Å². The fraction of sp³-hybridized carbons (Fsp3) is 0.125. The lowest BCUT2D eigenvalue weighted by molar-refractivity contribution is -0.112. The molecular weight excluding hydrogens is 178 g/mol. The quantitative estimate of drug-likeness (QED) is 0.680. The first-order valence-electron chi connectivity index (χ1n) is 3.35. The summed E-state index contributed by atoms with van der Waals surface area (Å²) < 4.78 is 0. The molecule has 4 heteroatoms. The molecule has 0 amide bonds. The van der Waals surface area contributed by atoms with E-state index in [1.54, 1.807) is 12.1 Å². The van der Waals surface area contributed by atoms with Crippen molar-refractivity contribution in [3.8, 4) is 5.75 Å². The highest BCUT2D eigenvalue weighted by Gasteiger charge is 2.12. The molecule has 0 heterocycles. The SMILES string of the molecule is N[C@H](C(=O)Cl)c1ccc(O)cc1. The number of nitrogens with two attached hydrogens (primary N) is 1. The van der Waals surface area contributed by atoms with Gasteiger partial charge in [-0.05, 0) is 29.3 Å². The summed E-state index contributed by atoms with van der Waals surface area (Å²) in [6, 6.07) is 5.21. The molecule has 0 radical (unpaired) electrons. The molecule has 0 aliphatic rings. The lowest BCUT2D eigenvalue weighted by Crippen LogP contribution is -2.16. The third-order valence-corrected chi connectivity index (χ3v) is 1.73. The maximum atomic E-state index is 10.6. The van der Waals surface area contributed by atoms with Crippen LogP contribution in [-0.2, 0) is 4.79 Å². The molecule has 0 unspecified atom stereocenters. The Hall–Kier alpha value is -1.06. The molecule has 1 aromatic carbocycles. The van der Waals surface area contributed by atoms with E-state index in [1.807, 2.05) is 0 Å². The zero-order chi connectivity index (χ0) is 9.14. The van der Waals surface area contributed by atoms with Gasteiger partial charge in [-0.1, -0.05) is 12.1 Å². The van der Waals surface area contributed by atoms with Gasteiger partial charge in [-0.25, -0.2) is 0 Å². The van der Waals surface area contributed by atoms with Crippen molar-refractivity contribution in [2.45, 2.75) is 6.04 Å². The summed E-state index contributed by atoms with van der Waals surface area (Å²) in [5, 5.41) is 8.31. The van der Waals surface area contributed by atoms with Crippen molar-refractivity contribution in [2.24, 2.45) is 5.73 Å². The Balaban J connectivity index is 2.89. The Bertz CT molecular complexity index is 284. The van der Waals surface area contributed by atoms with Crippen LogP contribution in [0.1, 0.15) is 11.6 Å². The molecule has 0 aromatic heterocycles. The van der Waals surface area contributed by atoms with Gasteiger partial charge in [0.2, 0.25) is 5.24 Å². The average molecular weight is 186 g/mol. The van der Waals surface area contributed by atoms with Crippen molar-refractivity contribution in [2.75, 3.05) is 0 Å². The van der Waals surface area contributed by atoms with Crippen LogP contribution in [0, 0.1) is 0 Å². The van der Waals surface area contributed by atoms with Crippen molar-refractivity contribution in [3.05, 3.63) is 29.8 Å². The minimum atomic E-state index is -0.813. The van der Waals surface area contributed by atoms with Gasteiger partial charge >= 0.3 is 0 Å². The van der Waals surface area contributed by atoms with E-state index in [0.29, 0.717) is 5.56 Å². The number of carbonyl (C=O) groups is 1. The average Bonchev–Trinajstić information content (AvgIpc) is 2.04. The van der Waals surface area contributed by atoms with Gasteiger partial charge in [0.25, 0.3) is 0 Å². The van der Waals surface area contributed by atoms with Crippen LogP contribution in [0.2, 0.25) is 0 Å². The fourth-order valence-corrected chi connectivity index (χ4v) is 0.939. The molecule has 0 aliphatic carbocycles. The van der Waals surface area contributed by atoms with E-state index in [0.717, 1.165) is 0 Å². The van der Waals surface area contributed by atoms with Crippen molar-refractivity contribution in [3.63, 3.8) is 0 Å². The lowest BCUT2D eigenvalue weighted by Gasteiger charge is -2.05. The summed E-state index contributed by atoms with van der Waals surface area (Å²) in [6.07, 6.45) is 0. The first-order chi connectivity index (χ1) is 5.61. The molecule has 0 fully saturated rings. The van der Waals surface area contributed by atoms with Gasteiger partial charge in [-0.2, -0.15) is 0 Å². The van der Waals surface area contributed by atoms with Crippen molar-refractivity contribution in [1.29, 1.82) is 0 Å². The molecule has 0 saturated heterocycles. The Kier molecular flexibility index (Phi) is 2.68. The van der Waals surface area contributed by atoms with Crippen LogP contribution in [0.25, 0.3) is 0 Å². The highest BCUT2D eigenvalue weighted by atomic mass is 35.5. The van der Waals surface area contributed by atoms with E-state index < -0.39 is 11.3 Å². The number of hydrogen-bond acceptors (Lipinski definition) is 3. The second-order valence-electron chi connectivity index (χ2n) is 2.37. The number of aromatic hydroxyl groups is 1. The van der Waals surface area contributed by atoms with Crippen LogP contribution < -0.4 is 5.73 Å². The van der Waals surface area contributed by atoms with Gasteiger partial charge < -0.3 is 10.8 Å². The van der Waals surface area contributed by atoms with Crippen LogP contribution in [-0.4, -0.2) is 10.3 Å². The zero-order valence-electron chi connectivity index (χ0n) is 6.20. The molecule has 3 N–H and O–H groups in total. The topological polar surface area (TPSA) is 63.3 Å². The zero-order valence-corrected chi connectivity index (χ0v) is 6.95. The minimum absolute atomic E-state index is 0.132. The van der Waals surface area contributed by atoms with Gasteiger partial charge in [0, 0.05) is 0 Å². The van der Waals surface area contributed by atoms with Gasteiger partial charge in [-0.3, -0.25) is 4.79 Å². The van der Waals surface area contributed by atoms with E-state index in [1.165, 1.54) is 12.1 Å². The first kappa shape index (κ1) is 9.03. The second-order valence-corrected chi connectivity index (χ2v) is 2.75. The smallest absolute Gasteiger partial charge is 0.242 e. The Labute approximate surface area is 74.8 Å². The summed E-state index contributed by atoms with van der Waals surface area (Å²) in [7, 11) is 0. The maximum Gasteiger partial charge on any atom is 0.242 e. The summed E-state index contributed by atoms with van der Waals surface area (Å²) in [5.74, 6) is 0.132. The molecule has 1 atom stereocenters. The molecule has 0 saturated carbocycles. The number of carbonyl (C=O) groups excluding carboxylic acids is 1. The molecule has 0 bridgehead atoms. The monoisotopic (exact) mass is 185 g/mol. The number of rotatable bonds is 2.